The summed E-state index contributed by atoms with van der Waals surface area (Å²) in [5.41, 5.74) is 0.240. The Morgan fingerprint density at radius 2 is 2.00 bits per heavy atom. The first-order chi connectivity index (χ1) is 10.3. The Morgan fingerprint density at radius 1 is 1.27 bits per heavy atom. The SMILES string of the molecule is CCCCCC(C)(C)CNC(=NC)NCC1CCS(=O)(=O)C1. The van der Waals surface area contributed by atoms with Gasteiger partial charge in [0.15, 0.2) is 15.8 Å². The summed E-state index contributed by atoms with van der Waals surface area (Å²) in [5, 5.41) is 6.63. The lowest BCUT2D eigenvalue weighted by Crippen LogP contribution is -2.43. The summed E-state index contributed by atoms with van der Waals surface area (Å²) in [5.74, 6) is 1.61. The first kappa shape index (κ1) is 19.3. The van der Waals surface area contributed by atoms with E-state index in [-0.39, 0.29) is 11.3 Å². The molecule has 0 aromatic rings. The molecule has 0 saturated carbocycles. The first-order valence-corrected chi connectivity index (χ1v) is 10.2. The van der Waals surface area contributed by atoms with E-state index in [1.54, 1.807) is 7.05 Å². The molecule has 0 aromatic carbocycles. The lowest BCUT2D eigenvalue weighted by molar-refractivity contribution is 0.318. The molecule has 1 saturated heterocycles. The van der Waals surface area contributed by atoms with E-state index >= 15 is 0 Å². The summed E-state index contributed by atoms with van der Waals surface area (Å²) < 4.78 is 22.9. The van der Waals surface area contributed by atoms with Crippen LogP contribution in [0.15, 0.2) is 4.99 Å². The molecule has 0 spiro atoms. The molecule has 1 fully saturated rings. The maximum atomic E-state index is 11.5. The van der Waals surface area contributed by atoms with Gasteiger partial charge >= 0.3 is 0 Å². The van der Waals surface area contributed by atoms with Crippen LogP contribution in [0.5, 0.6) is 0 Å². The van der Waals surface area contributed by atoms with E-state index in [0.717, 1.165) is 18.9 Å². The number of hydrogen-bond acceptors (Lipinski definition) is 3. The van der Waals surface area contributed by atoms with Crippen molar-refractivity contribution < 1.29 is 8.42 Å². The van der Waals surface area contributed by atoms with E-state index in [1.807, 2.05) is 0 Å². The van der Waals surface area contributed by atoms with Gasteiger partial charge in [0, 0.05) is 20.1 Å². The van der Waals surface area contributed by atoms with Crippen LogP contribution in [0, 0.1) is 11.3 Å². The minimum atomic E-state index is -2.80. The van der Waals surface area contributed by atoms with Crippen molar-refractivity contribution in [1.29, 1.82) is 0 Å². The van der Waals surface area contributed by atoms with Crippen molar-refractivity contribution in [2.24, 2.45) is 16.3 Å². The number of sulfone groups is 1. The van der Waals surface area contributed by atoms with Crippen molar-refractivity contribution >= 4 is 15.8 Å². The maximum Gasteiger partial charge on any atom is 0.191 e. The second-order valence-electron chi connectivity index (χ2n) is 7.20. The van der Waals surface area contributed by atoms with Gasteiger partial charge in [0.05, 0.1) is 11.5 Å². The van der Waals surface area contributed by atoms with Gasteiger partial charge in [0.1, 0.15) is 0 Å². The maximum absolute atomic E-state index is 11.5. The zero-order chi connectivity index (χ0) is 16.6. The van der Waals surface area contributed by atoms with Crippen LogP contribution >= 0.6 is 0 Å². The summed E-state index contributed by atoms with van der Waals surface area (Å²) in [6, 6.07) is 0. The van der Waals surface area contributed by atoms with E-state index in [0.29, 0.717) is 18.1 Å². The van der Waals surface area contributed by atoms with Crippen molar-refractivity contribution in [3.8, 4) is 0 Å². The molecule has 1 unspecified atom stereocenters. The molecule has 5 nitrogen and oxygen atoms in total. The smallest absolute Gasteiger partial charge is 0.191 e. The molecule has 1 rings (SSSR count). The fraction of sp³-hybridized carbons (Fsp3) is 0.938. The fourth-order valence-corrected chi connectivity index (χ4v) is 4.62. The van der Waals surface area contributed by atoms with Crippen LogP contribution in [0.4, 0.5) is 0 Å². The molecule has 22 heavy (non-hydrogen) atoms. The van der Waals surface area contributed by atoms with Crippen LogP contribution in [0.3, 0.4) is 0 Å². The van der Waals surface area contributed by atoms with Crippen molar-refractivity contribution in [3.63, 3.8) is 0 Å². The number of rotatable bonds is 8. The highest BCUT2D eigenvalue weighted by Crippen LogP contribution is 2.22. The van der Waals surface area contributed by atoms with Gasteiger partial charge in [-0.3, -0.25) is 4.99 Å². The summed E-state index contributed by atoms with van der Waals surface area (Å²) in [6.07, 6.45) is 5.75. The third-order valence-electron chi connectivity index (χ3n) is 4.30. The molecule has 1 atom stereocenters. The molecule has 130 valence electrons. The first-order valence-electron chi connectivity index (χ1n) is 8.43. The van der Waals surface area contributed by atoms with Gasteiger partial charge in [-0.1, -0.05) is 40.0 Å². The minimum Gasteiger partial charge on any atom is -0.356 e. The Balaban J connectivity index is 2.30. The number of hydrogen-bond donors (Lipinski definition) is 2. The minimum absolute atomic E-state index is 0.209. The zero-order valence-electron chi connectivity index (χ0n) is 14.6. The molecular weight excluding hydrogens is 298 g/mol. The van der Waals surface area contributed by atoms with Gasteiger partial charge in [0.25, 0.3) is 0 Å². The molecule has 0 aliphatic carbocycles. The van der Waals surface area contributed by atoms with E-state index in [4.69, 9.17) is 0 Å². The molecule has 0 bridgehead atoms. The fourth-order valence-electron chi connectivity index (χ4n) is 2.76. The van der Waals surface area contributed by atoms with Crippen molar-refractivity contribution in [2.45, 2.75) is 52.9 Å². The average molecular weight is 332 g/mol. The number of unbranched alkanes of at least 4 members (excludes halogenated alkanes) is 2. The highest BCUT2D eigenvalue weighted by Gasteiger charge is 2.27. The van der Waals surface area contributed by atoms with Gasteiger partial charge in [0.2, 0.25) is 0 Å². The number of guanidine groups is 1. The standard InChI is InChI=1S/C16H33N3O2S/c1-5-6-7-9-16(2,3)13-19-15(17-4)18-11-14-8-10-22(20,21)12-14/h14H,5-13H2,1-4H3,(H2,17,18,19). The molecule has 0 aromatic heterocycles. The molecule has 0 radical (unpaired) electrons. The third-order valence-corrected chi connectivity index (χ3v) is 6.14. The predicted octanol–water partition coefficient (Wildman–Crippen LogP) is 2.19. The highest BCUT2D eigenvalue weighted by atomic mass is 32.2. The Labute approximate surface area is 136 Å². The predicted molar refractivity (Wildman–Crippen MR) is 94.0 cm³/mol. The third kappa shape index (κ3) is 7.47. The van der Waals surface area contributed by atoms with Gasteiger partial charge in [-0.05, 0) is 24.2 Å². The van der Waals surface area contributed by atoms with Gasteiger partial charge in [-0.25, -0.2) is 8.42 Å². The van der Waals surface area contributed by atoms with E-state index in [1.165, 1.54) is 25.7 Å². The zero-order valence-corrected chi connectivity index (χ0v) is 15.4. The molecular formula is C16H33N3O2S. The molecule has 1 heterocycles. The monoisotopic (exact) mass is 331 g/mol. The van der Waals surface area contributed by atoms with Crippen molar-refractivity contribution in [1.82, 2.24) is 10.6 Å². The normalized spacial score (nSPS) is 21.8. The van der Waals surface area contributed by atoms with Gasteiger partial charge in [-0.2, -0.15) is 0 Å². The summed E-state index contributed by atoms with van der Waals surface area (Å²) >= 11 is 0. The van der Waals surface area contributed by atoms with Crippen LogP contribution in [0.2, 0.25) is 0 Å². The number of aliphatic imine (C=N–C) groups is 1. The lowest BCUT2D eigenvalue weighted by Gasteiger charge is -2.26. The van der Waals surface area contributed by atoms with Gasteiger partial charge in [-0.15, -0.1) is 0 Å². The second-order valence-corrected chi connectivity index (χ2v) is 9.43. The quantitative estimate of drug-likeness (QED) is 0.406. The second kappa shape index (κ2) is 8.75. The van der Waals surface area contributed by atoms with E-state index in [2.05, 4.69) is 36.4 Å². The molecule has 1 aliphatic heterocycles. The topological polar surface area (TPSA) is 70.6 Å². The van der Waals surface area contributed by atoms with Crippen molar-refractivity contribution in [3.05, 3.63) is 0 Å². The Bertz CT molecular complexity index is 458. The molecule has 6 heteroatoms. The lowest BCUT2D eigenvalue weighted by atomic mass is 9.87. The summed E-state index contributed by atoms with van der Waals surface area (Å²) in [4.78, 5) is 4.23. The Hall–Kier alpha value is -0.780. The van der Waals surface area contributed by atoms with Crippen LogP contribution in [0.25, 0.3) is 0 Å². The van der Waals surface area contributed by atoms with E-state index in [9.17, 15) is 8.42 Å². The largest absolute Gasteiger partial charge is 0.356 e. The van der Waals surface area contributed by atoms with Crippen LogP contribution in [-0.2, 0) is 9.84 Å². The highest BCUT2D eigenvalue weighted by molar-refractivity contribution is 7.91. The van der Waals surface area contributed by atoms with Crippen LogP contribution in [-0.4, -0.2) is 46.0 Å². The summed E-state index contributed by atoms with van der Waals surface area (Å²) in [7, 11) is -1.04. The molecule has 2 N–H and O–H groups in total. The Kier molecular flexibility index (Phi) is 7.66. The van der Waals surface area contributed by atoms with Crippen molar-refractivity contribution in [2.75, 3.05) is 31.6 Å². The number of nitrogens with zero attached hydrogens (tertiary/aromatic N) is 1. The van der Waals surface area contributed by atoms with Crippen LogP contribution in [0.1, 0.15) is 52.9 Å². The van der Waals surface area contributed by atoms with Crippen LogP contribution < -0.4 is 10.6 Å². The number of nitrogens with one attached hydrogen (secondary N) is 2. The Morgan fingerprint density at radius 3 is 2.55 bits per heavy atom. The summed E-state index contributed by atoms with van der Waals surface area (Å²) in [6.45, 7) is 8.31. The average Bonchev–Trinajstić information content (AvgIpc) is 2.78. The molecule has 0 amide bonds. The van der Waals surface area contributed by atoms with Gasteiger partial charge < -0.3 is 10.6 Å². The van der Waals surface area contributed by atoms with E-state index < -0.39 is 9.84 Å². The molecule has 1 aliphatic rings.